The maximum absolute atomic E-state index is 13.6. The Hall–Kier alpha value is -4.44. The first kappa shape index (κ1) is 31.0. The highest BCUT2D eigenvalue weighted by Crippen LogP contribution is 2.58. The van der Waals surface area contributed by atoms with Crippen molar-refractivity contribution in [3.05, 3.63) is 65.2 Å². The lowest BCUT2D eigenvalue weighted by atomic mass is 9.71. The van der Waals surface area contributed by atoms with Gasteiger partial charge in [-0.3, -0.25) is 4.79 Å². The normalized spacial score (nSPS) is 22.4. The Morgan fingerprint density at radius 1 is 0.955 bits per heavy atom. The minimum absolute atomic E-state index is 0.00998. The average Bonchev–Trinajstić information content (AvgIpc) is 3.51. The predicted octanol–water partition coefficient (Wildman–Crippen LogP) is 6.04. The minimum atomic E-state index is -1.79. The summed E-state index contributed by atoms with van der Waals surface area (Å²) in [6.45, 7) is 7.02. The maximum Gasteiger partial charge on any atom is 0.338 e. The molecule has 5 rings (SSSR count). The third kappa shape index (κ3) is 5.27. The van der Waals surface area contributed by atoms with E-state index in [1.54, 1.807) is 69.3 Å². The first-order valence-electron chi connectivity index (χ1n) is 14.5. The summed E-state index contributed by atoms with van der Waals surface area (Å²) in [6.07, 6.45) is -1.70. The smallest absolute Gasteiger partial charge is 0.338 e. The quantitative estimate of drug-likeness (QED) is 0.304. The molecule has 0 amide bonds. The van der Waals surface area contributed by atoms with E-state index in [1.807, 2.05) is 6.92 Å². The van der Waals surface area contributed by atoms with E-state index in [-0.39, 0.29) is 18.3 Å². The van der Waals surface area contributed by atoms with E-state index >= 15 is 0 Å². The Morgan fingerprint density at radius 2 is 1.61 bits per heavy atom. The largest absolute Gasteiger partial charge is 0.493 e. The molecule has 3 aromatic rings. The fourth-order valence-electron chi connectivity index (χ4n) is 5.70. The number of carbonyl (C=O) groups is 2. The van der Waals surface area contributed by atoms with Crippen LogP contribution in [0, 0.1) is 11.8 Å². The highest BCUT2D eigenvalue weighted by molar-refractivity contribution is 5.90. The number of hydrogen-bond donors (Lipinski definition) is 1. The Bertz CT molecular complexity index is 1550. The van der Waals surface area contributed by atoms with Gasteiger partial charge in [0.15, 0.2) is 29.1 Å². The van der Waals surface area contributed by atoms with Gasteiger partial charge in [-0.15, -0.1) is 0 Å². The highest BCUT2D eigenvalue weighted by Gasteiger charge is 2.51. The number of benzene rings is 3. The van der Waals surface area contributed by atoms with Crippen LogP contribution in [0.4, 0.5) is 0 Å². The highest BCUT2D eigenvalue weighted by atomic mass is 16.7. The third-order valence-electron chi connectivity index (χ3n) is 8.66. The number of hydrogen-bond acceptors (Lipinski definition) is 10. The lowest BCUT2D eigenvalue weighted by molar-refractivity contribution is -0.172. The number of ether oxygens (including phenoxy) is 7. The molecular weight excluding hydrogens is 568 g/mol. The maximum atomic E-state index is 13.6. The molecule has 0 saturated heterocycles. The molecule has 0 radical (unpaired) electrons. The predicted molar refractivity (Wildman–Crippen MR) is 160 cm³/mol. The zero-order valence-electron chi connectivity index (χ0n) is 26.0. The molecule has 3 aromatic carbocycles. The summed E-state index contributed by atoms with van der Waals surface area (Å²) >= 11 is 0. The second-order valence-electron chi connectivity index (χ2n) is 11.2. The van der Waals surface area contributed by atoms with Crippen LogP contribution in [0.3, 0.4) is 0 Å². The lowest BCUT2D eigenvalue weighted by Gasteiger charge is -2.44. The van der Waals surface area contributed by atoms with Gasteiger partial charge in [-0.25, -0.2) is 4.79 Å². The van der Waals surface area contributed by atoms with Crippen LogP contribution in [-0.2, 0) is 14.3 Å². The van der Waals surface area contributed by atoms with Crippen LogP contribution in [0.25, 0.3) is 11.1 Å². The number of esters is 2. The molecule has 5 atom stereocenters. The topological polar surface area (TPSA) is 119 Å². The van der Waals surface area contributed by atoms with Gasteiger partial charge in [0.1, 0.15) is 11.7 Å². The third-order valence-corrected chi connectivity index (χ3v) is 8.66. The van der Waals surface area contributed by atoms with E-state index < -0.39 is 41.6 Å². The van der Waals surface area contributed by atoms with E-state index in [0.717, 1.165) is 0 Å². The zero-order chi connectivity index (χ0) is 31.8. The molecule has 0 bridgehead atoms. The molecule has 1 N–H and O–H groups in total. The average molecular weight is 607 g/mol. The van der Waals surface area contributed by atoms with E-state index in [0.29, 0.717) is 51.5 Å². The second kappa shape index (κ2) is 12.3. The van der Waals surface area contributed by atoms with E-state index in [2.05, 4.69) is 0 Å². The summed E-state index contributed by atoms with van der Waals surface area (Å²) in [6, 6.07) is 13.7. The van der Waals surface area contributed by atoms with Crippen molar-refractivity contribution in [2.45, 2.75) is 51.9 Å². The number of aliphatic hydroxyl groups is 1. The Kier molecular flexibility index (Phi) is 8.65. The van der Waals surface area contributed by atoms with Gasteiger partial charge in [0, 0.05) is 22.6 Å². The van der Waals surface area contributed by atoms with E-state index in [4.69, 9.17) is 33.2 Å². The molecule has 1 aliphatic heterocycles. The summed E-state index contributed by atoms with van der Waals surface area (Å²) in [7, 11) is 4.45. The van der Waals surface area contributed by atoms with Gasteiger partial charge in [0.2, 0.25) is 12.5 Å². The van der Waals surface area contributed by atoms with E-state index in [9.17, 15) is 14.7 Å². The molecule has 0 saturated carbocycles. The van der Waals surface area contributed by atoms with Gasteiger partial charge in [-0.1, -0.05) is 39.0 Å². The molecule has 0 spiro atoms. The van der Waals surface area contributed by atoms with Crippen LogP contribution in [0.2, 0.25) is 0 Å². The van der Waals surface area contributed by atoms with E-state index in [1.165, 1.54) is 21.3 Å². The summed E-state index contributed by atoms with van der Waals surface area (Å²) < 4.78 is 41.2. The van der Waals surface area contributed by atoms with Crippen LogP contribution < -0.4 is 23.7 Å². The van der Waals surface area contributed by atoms with Gasteiger partial charge in [-0.2, -0.15) is 0 Å². The van der Waals surface area contributed by atoms with Gasteiger partial charge in [-0.05, 0) is 49.2 Å². The monoisotopic (exact) mass is 606 g/mol. The molecule has 44 heavy (non-hydrogen) atoms. The molecule has 10 nitrogen and oxygen atoms in total. The number of methoxy groups -OCH3 is 3. The Balaban J connectivity index is 1.85. The standard InChI is InChI=1S/C34H38O10/c1-8-18(2)32(35)43-28-19(3)34(4,37)31(44-33(36)20-12-10-9-11-13-20)23-16-26(38-5)29(39-6)30(40-7)27(23)21-14-24-25(15-22(21)28)42-17-41-24/h9-16,18-19,28,31,37H,8,17H2,1-7H3/t18?,19-,28+,31?,34-/m0/s1. The zero-order valence-corrected chi connectivity index (χ0v) is 26.0. The van der Waals surface area contributed by atoms with Crippen molar-refractivity contribution < 1.29 is 47.9 Å². The molecule has 234 valence electrons. The minimum Gasteiger partial charge on any atom is -0.493 e. The van der Waals surface area contributed by atoms with Crippen LogP contribution in [0.15, 0.2) is 48.5 Å². The number of carbonyl (C=O) groups excluding carboxylic acids is 2. The summed E-state index contributed by atoms with van der Waals surface area (Å²) in [5, 5.41) is 12.5. The lowest BCUT2D eigenvalue weighted by Crippen LogP contribution is -2.46. The van der Waals surface area contributed by atoms with Gasteiger partial charge in [0.25, 0.3) is 0 Å². The van der Waals surface area contributed by atoms with Crippen molar-refractivity contribution in [3.63, 3.8) is 0 Å². The van der Waals surface area contributed by atoms with Crippen molar-refractivity contribution in [3.8, 4) is 39.9 Å². The first-order valence-corrected chi connectivity index (χ1v) is 14.5. The van der Waals surface area contributed by atoms with Gasteiger partial charge >= 0.3 is 11.9 Å². The van der Waals surface area contributed by atoms with Crippen LogP contribution in [-0.4, -0.2) is 50.8 Å². The second-order valence-corrected chi connectivity index (χ2v) is 11.2. The molecule has 2 unspecified atom stereocenters. The summed E-state index contributed by atoms with van der Waals surface area (Å²) in [5.74, 6) is -0.487. The molecule has 1 heterocycles. The molecule has 10 heteroatoms. The van der Waals surface area contributed by atoms with Crippen molar-refractivity contribution in [2.75, 3.05) is 28.1 Å². The van der Waals surface area contributed by atoms with Gasteiger partial charge in [0.05, 0.1) is 32.8 Å². The number of fused-ring (bicyclic) bond motifs is 4. The van der Waals surface area contributed by atoms with Crippen molar-refractivity contribution >= 4 is 11.9 Å². The molecule has 0 fully saturated rings. The van der Waals surface area contributed by atoms with Crippen molar-refractivity contribution in [1.29, 1.82) is 0 Å². The Morgan fingerprint density at radius 3 is 2.23 bits per heavy atom. The van der Waals surface area contributed by atoms with Crippen LogP contribution >= 0.6 is 0 Å². The van der Waals surface area contributed by atoms with Crippen LogP contribution in [0.5, 0.6) is 28.7 Å². The molecule has 1 aliphatic carbocycles. The fraction of sp³-hybridized carbons (Fsp3) is 0.412. The fourth-order valence-corrected chi connectivity index (χ4v) is 5.70. The Labute approximate surface area is 256 Å². The first-order chi connectivity index (χ1) is 21.1. The van der Waals surface area contributed by atoms with Crippen molar-refractivity contribution in [2.24, 2.45) is 11.8 Å². The number of rotatable bonds is 8. The molecular formula is C34H38O10. The van der Waals surface area contributed by atoms with Gasteiger partial charge < -0.3 is 38.3 Å². The van der Waals surface area contributed by atoms with Crippen molar-refractivity contribution in [1.82, 2.24) is 0 Å². The summed E-state index contributed by atoms with van der Waals surface area (Å²) in [5.41, 5.74) is 0.465. The molecule has 2 aliphatic rings. The van der Waals surface area contributed by atoms with Crippen LogP contribution in [0.1, 0.15) is 67.8 Å². The summed E-state index contributed by atoms with van der Waals surface area (Å²) in [4.78, 5) is 26.9. The SMILES string of the molecule is CCC(C)C(=O)O[C@H]1c2cc3c(cc2-c2c(cc(OC)c(OC)c2OC)C(OC(=O)c2ccccc2)[C@@](C)(O)[C@H]1C)OCO3. The molecule has 0 aromatic heterocycles.